The molecule has 32 heavy (non-hydrogen) atoms. The highest BCUT2D eigenvalue weighted by atomic mass is 35.5. The van der Waals surface area contributed by atoms with Gasteiger partial charge in [-0.05, 0) is 67.1 Å². The molecule has 8 heteroatoms. The minimum absolute atomic E-state index is 0.0699. The van der Waals surface area contributed by atoms with Crippen LogP contribution in [0.15, 0.2) is 48.7 Å². The fourth-order valence-corrected chi connectivity index (χ4v) is 4.31. The van der Waals surface area contributed by atoms with Crippen molar-refractivity contribution >= 4 is 40.5 Å². The molecule has 0 bridgehead atoms. The van der Waals surface area contributed by atoms with E-state index in [9.17, 15) is 13.6 Å². The van der Waals surface area contributed by atoms with Crippen molar-refractivity contribution in [2.45, 2.75) is 25.7 Å². The second-order valence-electron chi connectivity index (χ2n) is 7.85. The van der Waals surface area contributed by atoms with Gasteiger partial charge in [-0.15, -0.1) is 0 Å². The lowest BCUT2D eigenvalue weighted by atomic mass is 9.89. The lowest BCUT2D eigenvalue weighted by molar-refractivity contribution is 0.0713. The lowest BCUT2D eigenvalue weighted by Gasteiger charge is -2.32. The second kappa shape index (κ2) is 9.43. The zero-order valence-corrected chi connectivity index (χ0v) is 18.9. The van der Waals surface area contributed by atoms with Crippen molar-refractivity contribution in [2.75, 3.05) is 18.4 Å². The van der Waals surface area contributed by atoms with Crippen molar-refractivity contribution in [2.24, 2.45) is 0 Å². The van der Waals surface area contributed by atoms with Crippen molar-refractivity contribution in [3.05, 3.63) is 87.2 Å². The predicted octanol–water partition coefficient (Wildman–Crippen LogP) is 6.74. The number of aryl methyl sites for hydroxylation is 1. The minimum atomic E-state index is -0.354. The molecule has 0 aliphatic carbocycles. The average molecular weight is 476 g/mol. The zero-order chi connectivity index (χ0) is 22.8. The number of piperidine rings is 1. The number of likely N-dealkylation sites (tertiary alicyclic amines) is 1. The average Bonchev–Trinajstić information content (AvgIpc) is 2.79. The third kappa shape index (κ3) is 4.71. The van der Waals surface area contributed by atoms with Crippen LogP contribution in [0.25, 0.3) is 0 Å². The zero-order valence-electron chi connectivity index (χ0n) is 17.3. The first-order valence-corrected chi connectivity index (χ1v) is 11.0. The first-order valence-electron chi connectivity index (χ1n) is 10.3. The van der Waals surface area contributed by atoms with E-state index in [0.29, 0.717) is 35.6 Å². The number of pyridine rings is 1. The Labute approximate surface area is 195 Å². The van der Waals surface area contributed by atoms with Crippen LogP contribution in [0.2, 0.25) is 10.2 Å². The Hall–Kier alpha value is -2.70. The van der Waals surface area contributed by atoms with Crippen molar-refractivity contribution in [3.63, 3.8) is 0 Å². The Morgan fingerprint density at radius 3 is 2.38 bits per heavy atom. The van der Waals surface area contributed by atoms with Gasteiger partial charge in [-0.2, -0.15) is 0 Å². The number of nitrogens with one attached hydrogen (secondary N) is 1. The summed E-state index contributed by atoms with van der Waals surface area (Å²) in [5.41, 5.74) is 2.98. The molecule has 1 saturated heterocycles. The van der Waals surface area contributed by atoms with Crippen LogP contribution in [0.1, 0.15) is 40.2 Å². The smallest absolute Gasteiger partial charge is 0.257 e. The molecule has 1 aromatic heterocycles. The first kappa shape index (κ1) is 22.5. The molecular weight excluding hydrogens is 455 g/mol. The van der Waals surface area contributed by atoms with E-state index in [2.05, 4.69) is 10.3 Å². The van der Waals surface area contributed by atoms with Crippen LogP contribution in [0.4, 0.5) is 20.2 Å². The number of amides is 1. The number of hydrogen-bond acceptors (Lipinski definition) is 3. The summed E-state index contributed by atoms with van der Waals surface area (Å²) in [7, 11) is 0. The van der Waals surface area contributed by atoms with E-state index < -0.39 is 0 Å². The van der Waals surface area contributed by atoms with Gasteiger partial charge < -0.3 is 10.2 Å². The van der Waals surface area contributed by atoms with Crippen molar-refractivity contribution in [3.8, 4) is 0 Å². The number of aromatic nitrogens is 1. The number of anilines is 2. The third-order valence-electron chi connectivity index (χ3n) is 5.78. The van der Waals surface area contributed by atoms with Gasteiger partial charge in [0.1, 0.15) is 21.8 Å². The molecule has 0 unspecified atom stereocenters. The van der Waals surface area contributed by atoms with Gasteiger partial charge in [-0.1, -0.05) is 35.3 Å². The molecular formula is C24H21Cl2F2N3O. The number of hydrogen-bond donors (Lipinski definition) is 1. The van der Waals surface area contributed by atoms with Crippen LogP contribution in [-0.2, 0) is 0 Å². The quantitative estimate of drug-likeness (QED) is 0.425. The SMILES string of the molecule is Cc1cc(F)ccc1Nc1c(C(=O)N2CCC(c3ccc(F)cc3)CC2)cnc(Cl)c1Cl. The van der Waals surface area contributed by atoms with Crippen molar-refractivity contribution in [1.82, 2.24) is 9.88 Å². The molecule has 2 aromatic carbocycles. The highest BCUT2D eigenvalue weighted by Crippen LogP contribution is 2.36. The summed E-state index contributed by atoms with van der Waals surface area (Å²) in [5, 5.41) is 3.33. The molecule has 166 valence electrons. The summed E-state index contributed by atoms with van der Waals surface area (Å²) in [4.78, 5) is 19.1. The van der Waals surface area contributed by atoms with E-state index in [1.54, 1.807) is 30.0 Å². The van der Waals surface area contributed by atoms with Crippen molar-refractivity contribution in [1.29, 1.82) is 0 Å². The first-order chi connectivity index (χ1) is 15.3. The Balaban J connectivity index is 1.55. The molecule has 0 atom stereocenters. The molecule has 0 radical (unpaired) electrons. The van der Waals surface area contributed by atoms with Gasteiger partial charge in [-0.3, -0.25) is 4.79 Å². The number of halogens is 4. The van der Waals surface area contributed by atoms with E-state index in [-0.39, 0.29) is 33.6 Å². The van der Waals surface area contributed by atoms with Crippen LogP contribution >= 0.6 is 23.2 Å². The Bertz CT molecular complexity index is 1150. The van der Waals surface area contributed by atoms with E-state index in [4.69, 9.17) is 23.2 Å². The Kier molecular flexibility index (Phi) is 6.63. The molecule has 1 amide bonds. The largest absolute Gasteiger partial charge is 0.353 e. The molecule has 4 nitrogen and oxygen atoms in total. The topological polar surface area (TPSA) is 45.2 Å². The maximum absolute atomic E-state index is 13.5. The number of nitrogens with zero attached hydrogens (tertiary/aromatic N) is 2. The van der Waals surface area contributed by atoms with Gasteiger partial charge >= 0.3 is 0 Å². The number of carbonyl (C=O) groups excluding carboxylic acids is 1. The summed E-state index contributed by atoms with van der Waals surface area (Å²) in [6.45, 7) is 2.86. The van der Waals surface area contributed by atoms with Crippen LogP contribution in [0.3, 0.4) is 0 Å². The Morgan fingerprint density at radius 1 is 1.06 bits per heavy atom. The standard InChI is InChI=1S/C24H21Cl2F2N3O/c1-14-12-18(28)6-7-20(14)30-22-19(13-29-23(26)21(22)25)24(32)31-10-8-16(9-11-31)15-2-4-17(27)5-3-15/h2-7,12-13,16H,8-11H2,1H3,(H,29,30). The summed E-state index contributed by atoms with van der Waals surface area (Å²) < 4.78 is 26.7. The molecule has 1 fully saturated rings. The number of carbonyl (C=O) groups is 1. The lowest BCUT2D eigenvalue weighted by Crippen LogP contribution is -2.38. The maximum Gasteiger partial charge on any atom is 0.257 e. The number of benzene rings is 2. The van der Waals surface area contributed by atoms with Gasteiger partial charge in [0.05, 0.1) is 11.3 Å². The van der Waals surface area contributed by atoms with Gasteiger partial charge in [0, 0.05) is 25.0 Å². The molecule has 1 aliphatic rings. The minimum Gasteiger partial charge on any atom is -0.353 e. The van der Waals surface area contributed by atoms with Gasteiger partial charge in [-0.25, -0.2) is 13.8 Å². The summed E-state index contributed by atoms with van der Waals surface area (Å²) in [6, 6.07) is 10.8. The van der Waals surface area contributed by atoms with Gasteiger partial charge in [0.15, 0.2) is 0 Å². The second-order valence-corrected chi connectivity index (χ2v) is 8.59. The monoisotopic (exact) mass is 475 g/mol. The summed E-state index contributed by atoms with van der Waals surface area (Å²) >= 11 is 12.5. The van der Waals surface area contributed by atoms with Crippen LogP contribution < -0.4 is 5.32 Å². The molecule has 1 aliphatic heterocycles. The molecule has 1 N–H and O–H groups in total. The highest BCUT2D eigenvalue weighted by molar-refractivity contribution is 6.43. The predicted molar refractivity (Wildman–Crippen MR) is 123 cm³/mol. The fraction of sp³-hybridized carbons (Fsp3) is 0.250. The maximum atomic E-state index is 13.5. The molecule has 2 heterocycles. The van der Waals surface area contributed by atoms with Crippen molar-refractivity contribution < 1.29 is 13.6 Å². The van der Waals surface area contributed by atoms with Crippen LogP contribution in [-0.4, -0.2) is 28.9 Å². The van der Waals surface area contributed by atoms with E-state index >= 15 is 0 Å². The molecule has 4 rings (SSSR count). The normalized spacial score (nSPS) is 14.5. The van der Waals surface area contributed by atoms with E-state index in [1.807, 2.05) is 0 Å². The number of rotatable bonds is 4. The summed E-state index contributed by atoms with van der Waals surface area (Å²) in [5.74, 6) is -0.556. The van der Waals surface area contributed by atoms with Crippen LogP contribution in [0.5, 0.6) is 0 Å². The third-order valence-corrected chi connectivity index (χ3v) is 6.53. The molecule has 0 spiro atoms. The van der Waals surface area contributed by atoms with E-state index in [0.717, 1.165) is 18.4 Å². The van der Waals surface area contributed by atoms with Crippen LogP contribution in [0, 0.1) is 18.6 Å². The van der Waals surface area contributed by atoms with Gasteiger partial charge in [0.25, 0.3) is 5.91 Å². The fourth-order valence-electron chi connectivity index (χ4n) is 3.97. The van der Waals surface area contributed by atoms with E-state index in [1.165, 1.54) is 30.5 Å². The Morgan fingerprint density at radius 2 is 1.72 bits per heavy atom. The molecule has 0 saturated carbocycles. The highest BCUT2D eigenvalue weighted by Gasteiger charge is 2.28. The molecule has 3 aromatic rings. The van der Waals surface area contributed by atoms with Gasteiger partial charge in [0.2, 0.25) is 0 Å². The summed E-state index contributed by atoms with van der Waals surface area (Å²) in [6.07, 6.45) is 2.95.